The molecule has 0 saturated carbocycles. The zero-order valence-corrected chi connectivity index (χ0v) is 20.4. The van der Waals surface area contributed by atoms with Gasteiger partial charge in [0.05, 0.1) is 17.6 Å². The first-order valence-electron chi connectivity index (χ1n) is 10.7. The summed E-state index contributed by atoms with van der Waals surface area (Å²) in [7, 11) is -2.70. The van der Waals surface area contributed by atoms with Gasteiger partial charge in [0.2, 0.25) is 15.9 Å². The summed E-state index contributed by atoms with van der Waals surface area (Å²) in [5.74, 6) is -1.00. The zero-order valence-electron chi connectivity index (χ0n) is 19.6. The molecular formula is C26H28N2O5S. The molecule has 178 valence electrons. The van der Waals surface area contributed by atoms with Crippen molar-refractivity contribution in [3.63, 3.8) is 0 Å². The molecule has 0 spiro atoms. The predicted octanol–water partition coefficient (Wildman–Crippen LogP) is 3.93. The Hall–Kier alpha value is -3.49. The Morgan fingerprint density at radius 3 is 2.06 bits per heavy atom. The van der Waals surface area contributed by atoms with Gasteiger partial charge in [-0.05, 0) is 68.1 Å². The summed E-state index contributed by atoms with van der Waals surface area (Å²) < 4.78 is 34.0. The molecule has 3 rings (SSSR count). The number of aryl methyl sites for hydroxylation is 3. The van der Waals surface area contributed by atoms with Gasteiger partial charge in [-0.1, -0.05) is 48.0 Å². The Labute approximate surface area is 200 Å². The van der Waals surface area contributed by atoms with E-state index in [0.717, 1.165) is 11.1 Å². The molecule has 0 aliphatic rings. The molecule has 8 heteroatoms. The van der Waals surface area contributed by atoms with Gasteiger partial charge in [-0.3, -0.25) is 4.79 Å². The monoisotopic (exact) mass is 480 g/mol. The number of hydrogen-bond donors (Lipinski definition) is 2. The Kier molecular flexibility index (Phi) is 7.86. The molecule has 0 saturated heterocycles. The standard InChI is InChI=1S/C26H28N2O5S/c1-17-14-18(2)24(19(3)15-17)34(31,32)28-23(16-20-8-6-5-7-9-20)25(29)27-22-12-10-21(11-13-22)26(30)33-4/h5-15,23,28H,16H2,1-4H3,(H,27,29)/t23-/m1/s1. The van der Waals surface area contributed by atoms with E-state index in [9.17, 15) is 18.0 Å². The van der Waals surface area contributed by atoms with E-state index in [1.807, 2.05) is 37.3 Å². The molecule has 0 bridgehead atoms. The average Bonchev–Trinajstić information content (AvgIpc) is 2.78. The van der Waals surface area contributed by atoms with Crippen molar-refractivity contribution in [1.82, 2.24) is 4.72 Å². The molecule has 0 unspecified atom stereocenters. The summed E-state index contributed by atoms with van der Waals surface area (Å²) in [4.78, 5) is 25.0. The van der Waals surface area contributed by atoms with Gasteiger partial charge < -0.3 is 10.1 Å². The van der Waals surface area contributed by atoms with E-state index in [4.69, 9.17) is 0 Å². The van der Waals surface area contributed by atoms with Crippen LogP contribution in [-0.2, 0) is 26.0 Å². The van der Waals surface area contributed by atoms with Gasteiger partial charge in [0.25, 0.3) is 0 Å². The zero-order chi connectivity index (χ0) is 24.9. The number of amides is 1. The number of rotatable bonds is 8. The molecule has 2 N–H and O–H groups in total. The smallest absolute Gasteiger partial charge is 0.337 e. The summed E-state index contributed by atoms with van der Waals surface area (Å²) in [6, 6.07) is 17.9. The number of methoxy groups -OCH3 is 1. The Balaban J connectivity index is 1.89. The number of esters is 1. The molecule has 1 atom stereocenters. The van der Waals surface area contributed by atoms with Crippen molar-refractivity contribution in [1.29, 1.82) is 0 Å². The van der Waals surface area contributed by atoms with Crippen LogP contribution in [0.3, 0.4) is 0 Å². The molecule has 0 radical (unpaired) electrons. The van der Waals surface area contributed by atoms with E-state index in [1.165, 1.54) is 19.2 Å². The fraction of sp³-hybridized carbons (Fsp3) is 0.231. The van der Waals surface area contributed by atoms with E-state index in [-0.39, 0.29) is 11.3 Å². The first-order chi connectivity index (χ1) is 16.1. The Morgan fingerprint density at radius 1 is 0.912 bits per heavy atom. The fourth-order valence-corrected chi connectivity index (χ4v) is 5.56. The van der Waals surface area contributed by atoms with Crippen LogP contribution in [0, 0.1) is 20.8 Å². The highest BCUT2D eigenvalue weighted by Crippen LogP contribution is 2.22. The van der Waals surface area contributed by atoms with Crippen molar-refractivity contribution in [2.75, 3.05) is 12.4 Å². The highest BCUT2D eigenvalue weighted by atomic mass is 32.2. The van der Waals surface area contributed by atoms with Crippen molar-refractivity contribution < 1.29 is 22.7 Å². The lowest BCUT2D eigenvalue weighted by Crippen LogP contribution is -2.45. The molecule has 0 aliphatic carbocycles. The van der Waals surface area contributed by atoms with Crippen molar-refractivity contribution in [2.45, 2.75) is 38.1 Å². The summed E-state index contributed by atoms with van der Waals surface area (Å²) in [5, 5.41) is 2.74. The van der Waals surface area contributed by atoms with Gasteiger partial charge in [0.15, 0.2) is 0 Å². The largest absolute Gasteiger partial charge is 0.465 e. The van der Waals surface area contributed by atoms with Crippen molar-refractivity contribution in [2.24, 2.45) is 0 Å². The number of carbonyl (C=O) groups excluding carboxylic acids is 2. The van der Waals surface area contributed by atoms with Crippen LogP contribution in [0.4, 0.5) is 5.69 Å². The van der Waals surface area contributed by atoms with Crippen LogP contribution in [0.25, 0.3) is 0 Å². The van der Waals surface area contributed by atoms with Crippen LogP contribution in [0.1, 0.15) is 32.6 Å². The predicted molar refractivity (Wildman–Crippen MR) is 131 cm³/mol. The minimum atomic E-state index is -3.99. The topological polar surface area (TPSA) is 102 Å². The SMILES string of the molecule is COC(=O)c1ccc(NC(=O)[C@@H](Cc2ccccc2)NS(=O)(=O)c2c(C)cc(C)cc2C)cc1. The third kappa shape index (κ3) is 6.09. The number of nitrogens with one attached hydrogen (secondary N) is 2. The maximum absolute atomic E-state index is 13.4. The minimum Gasteiger partial charge on any atom is -0.465 e. The summed E-state index contributed by atoms with van der Waals surface area (Å²) >= 11 is 0. The molecule has 7 nitrogen and oxygen atoms in total. The van der Waals surface area contributed by atoms with E-state index >= 15 is 0 Å². The normalized spacial score (nSPS) is 12.1. The third-order valence-electron chi connectivity index (χ3n) is 5.34. The van der Waals surface area contributed by atoms with E-state index in [0.29, 0.717) is 22.4 Å². The number of carbonyl (C=O) groups is 2. The first kappa shape index (κ1) is 25.1. The second-order valence-corrected chi connectivity index (χ2v) is 9.80. The number of anilines is 1. The van der Waals surface area contributed by atoms with Gasteiger partial charge >= 0.3 is 5.97 Å². The second kappa shape index (κ2) is 10.6. The lowest BCUT2D eigenvalue weighted by Gasteiger charge is -2.21. The van der Waals surface area contributed by atoms with Crippen LogP contribution < -0.4 is 10.0 Å². The highest BCUT2D eigenvalue weighted by molar-refractivity contribution is 7.89. The van der Waals surface area contributed by atoms with Crippen LogP contribution >= 0.6 is 0 Å². The van der Waals surface area contributed by atoms with Gasteiger partial charge in [-0.25, -0.2) is 13.2 Å². The lowest BCUT2D eigenvalue weighted by molar-refractivity contribution is -0.117. The number of sulfonamides is 1. The summed E-state index contributed by atoms with van der Waals surface area (Å²) in [6.07, 6.45) is 0.163. The highest BCUT2D eigenvalue weighted by Gasteiger charge is 2.28. The van der Waals surface area contributed by atoms with E-state index < -0.39 is 27.9 Å². The Bertz CT molecular complexity index is 1260. The summed E-state index contributed by atoms with van der Waals surface area (Å²) in [6.45, 7) is 5.38. The van der Waals surface area contributed by atoms with Crippen LogP contribution in [0.15, 0.2) is 71.6 Å². The molecule has 3 aromatic carbocycles. The number of ether oxygens (including phenoxy) is 1. The van der Waals surface area contributed by atoms with Gasteiger partial charge in [0.1, 0.15) is 6.04 Å². The molecule has 0 heterocycles. The van der Waals surface area contributed by atoms with Crippen molar-refractivity contribution in [3.8, 4) is 0 Å². The van der Waals surface area contributed by atoms with Crippen molar-refractivity contribution >= 4 is 27.6 Å². The van der Waals surface area contributed by atoms with Gasteiger partial charge in [0, 0.05) is 5.69 Å². The van der Waals surface area contributed by atoms with Gasteiger partial charge in [-0.15, -0.1) is 0 Å². The maximum atomic E-state index is 13.4. The van der Waals surface area contributed by atoms with Crippen LogP contribution in [0.5, 0.6) is 0 Å². The quantitative estimate of drug-likeness (QED) is 0.476. The van der Waals surface area contributed by atoms with Crippen LogP contribution in [0.2, 0.25) is 0 Å². The molecule has 3 aromatic rings. The Morgan fingerprint density at radius 2 is 1.50 bits per heavy atom. The molecule has 1 amide bonds. The number of benzene rings is 3. The molecule has 34 heavy (non-hydrogen) atoms. The molecule has 0 aromatic heterocycles. The molecular weight excluding hydrogens is 452 g/mol. The number of hydrogen-bond acceptors (Lipinski definition) is 5. The van der Waals surface area contributed by atoms with Crippen LogP contribution in [-0.4, -0.2) is 33.4 Å². The molecule has 0 fully saturated rings. The minimum absolute atomic E-state index is 0.163. The lowest BCUT2D eigenvalue weighted by atomic mass is 10.1. The average molecular weight is 481 g/mol. The fourth-order valence-electron chi connectivity index (χ4n) is 3.91. The van der Waals surface area contributed by atoms with Crippen molar-refractivity contribution in [3.05, 3.63) is 94.5 Å². The first-order valence-corrected chi connectivity index (χ1v) is 12.2. The maximum Gasteiger partial charge on any atom is 0.337 e. The second-order valence-electron chi connectivity index (χ2n) is 8.15. The van der Waals surface area contributed by atoms with E-state index in [1.54, 1.807) is 38.1 Å². The van der Waals surface area contributed by atoms with E-state index in [2.05, 4.69) is 14.8 Å². The third-order valence-corrected chi connectivity index (χ3v) is 7.12. The molecule has 0 aliphatic heterocycles. The summed E-state index contributed by atoms with van der Waals surface area (Å²) in [5.41, 5.74) is 3.76. The van der Waals surface area contributed by atoms with Gasteiger partial charge in [-0.2, -0.15) is 4.72 Å².